The number of hydrogen-bond donors (Lipinski definition) is 2. The van der Waals surface area contributed by atoms with E-state index in [9.17, 15) is 13.2 Å². The van der Waals surface area contributed by atoms with Gasteiger partial charge in [0.15, 0.2) is 0 Å². The van der Waals surface area contributed by atoms with E-state index in [-0.39, 0.29) is 12.6 Å². The summed E-state index contributed by atoms with van der Waals surface area (Å²) in [5.74, 6) is 0. The van der Waals surface area contributed by atoms with Gasteiger partial charge in [-0.2, -0.15) is 13.2 Å². The van der Waals surface area contributed by atoms with Crippen molar-refractivity contribution in [3.8, 4) is 0 Å². The first-order valence-electron chi connectivity index (χ1n) is 4.48. The Morgan fingerprint density at radius 1 is 1.27 bits per heavy atom. The lowest BCUT2D eigenvalue weighted by Gasteiger charge is -2.13. The van der Waals surface area contributed by atoms with Gasteiger partial charge in [0.25, 0.3) is 0 Å². The maximum absolute atomic E-state index is 12.2. The molecule has 0 amide bonds. The third kappa shape index (κ3) is 3.43. The minimum absolute atomic E-state index is 0.0684. The molecule has 1 atom stereocenters. The highest BCUT2D eigenvalue weighted by molar-refractivity contribution is 5.45. The Bertz CT molecular complexity index is 307. The van der Waals surface area contributed by atoms with E-state index in [0.717, 1.165) is 12.1 Å². The molecule has 1 aromatic carbocycles. The first kappa shape index (κ1) is 11.8. The lowest BCUT2D eigenvalue weighted by molar-refractivity contribution is -0.137. The molecule has 15 heavy (non-hydrogen) atoms. The number of aliphatic hydroxyl groups excluding tert-OH is 1. The second kappa shape index (κ2) is 4.53. The molecule has 2 N–H and O–H groups in total. The summed E-state index contributed by atoms with van der Waals surface area (Å²) < 4.78 is 36.6. The van der Waals surface area contributed by atoms with Crippen LogP contribution in [0.4, 0.5) is 18.9 Å². The summed E-state index contributed by atoms with van der Waals surface area (Å²) in [7, 11) is 0. The molecule has 2 nitrogen and oxygen atoms in total. The van der Waals surface area contributed by atoms with Crippen molar-refractivity contribution >= 4 is 5.69 Å². The SMILES string of the molecule is C[C@@H](CO)Nc1ccc(C(F)(F)F)cc1. The second-order valence-electron chi connectivity index (χ2n) is 3.30. The zero-order valence-corrected chi connectivity index (χ0v) is 8.17. The van der Waals surface area contributed by atoms with Crippen LogP contribution in [0.2, 0.25) is 0 Å². The predicted molar refractivity (Wildman–Crippen MR) is 51.6 cm³/mol. The van der Waals surface area contributed by atoms with E-state index in [1.54, 1.807) is 6.92 Å². The topological polar surface area (TPSA) is 32.3 Å². The van der Waals surface area contributed by atoms with Gasteiger partial charge in [0.05, 0.1) is 12.2 Å². The fourth-order valence-electron chi connectivity index (χ4n) is 1.09. The zero-order valence-electron chi connectivity index (χ0n) is 8.17. The molecule has 0 saturated carbocycles. The predicted octanol–water partition coefficient (Wildman–Crippen LogP) is 2.50. The van der Waals surface area contributed by atoms with Crippen LogP contribution in [-0.4, -0.2) is 17.8 Å². The highest BCUT2D eigenvalue weighted by Crippen LogP contribution is 2.29. The number of halogens is 3. The van der Waals surface area contributed by atoms with Gasteiger partial charge in [-0.15, -0.1) is 0 Å². The van der Waals surface area contributed by atoms with Crippen molar-refractivity contribution in [1.82, 2.24) is 0 Å². The third-order valence-corrected chi connectivity index (χ3v) is 1.90. The summed E-state index contributed by atoms with van der Waals surface area (Å²) in [6.45, 7) is 1.67. The number of alkyl halides is 3. The molecule has 0 radical (unpaired) electrons. The standard InChI is InChI=1S/C10H12F3NO/c1-7(6-15)14-9-4-2-8(3-5-9)10(11,12)13/h2-5,7,14-15H,6H2,1H3/t7-/m0/s1. The van der Waals surface area contributed by atoms with Crippen molar-refractivity contribution in [2.45, 2.75) is 19.1 Å². The smallest absolute Gasteiger partial charge is 0.394 e. The first-order chi connectivity index (χ1) is 6.93. The van der Waals surface area contributed by atoms with Gasteiger partial charge in [0.2, 0.25) is 0 Å². The molecule has 5 heteroatoms. The molecule has 0 bridgehead atoms. The molecule has 0 fully saturated rings. The Balaban J connectivity index is 2.73. The van der Waals surface area contributed by atoms with E-state index in [1.165, 1.54) is 12.1 Å². The molecule has 1 aromatic rings. The summed E-state index contributed by atoms with van der Waals surface area (Å²) in [4.78, 5) is 0. The summed E-state index contributed by atoms with van der Waals surface area (Å²) in [6, 6.07) is 4.52. The fourth-order valence-corrected chi connectivity index (χ4v) is 1.09. The van der Waals surface area contributed by atoms with Crippen LogP contribution < -0.4 is 5.32 Å². The van der Waals surface area contributed by atoms with Gasteiger partial charge >= 0.3 is 6.18 Å². The Morgan fingerprint density at radius 2 is 1.80 bits per heavy atom. The van der Waals surface area contributed by atoms with E-state index < -0.39 is 11.7 Å². The molecule has 0 aliphatic carbocycles. The molecule has 0 aliphatic rings. The molecule has 0 unspecified atom stereocenters. The quantitative estimate of drug-likeness (QED) is 0.818. The Labute approximate surface area is 85.7 Å². The van der Waals surface area contributed by atoms with E-state index in [4.69, 9.17) is 5.11 Å². The number of benzene rings is 1. The van der Waals surface area contributed by atoms with Crippen LogP contribution in [0.1, 0.15) is 12.5 Å². The van der Waals surface area contributed by atoms with Crippen LogP contribution >= 0.6 is 0 Å². The molecule has 0 saturated heterocycles. The Hall–Kier alpha value is -1.23. The molecule has 0 heterocycles. The molecule has 0 aliphatic heterocycles. The van der Waals surface area contributed by atoms with Crippen molar-refractivity contribution in [2.24, 2.45) is 0 Å². The summed E-state index contributed by atoms with van der Waals surface area (Å²) in [5, 5.41) is 11.6. The van der Waals surface area contributed by atoms with Gasteiger partial charge in [0, 0.05) is 11.7 Å². The van der Waals surface area contributed by atoms with Crippen molar-refractivity contribution < 1.29 is 18.3 Å². The molecule has 0 aromatic heterocycles. The van der Waals surface area contributed by atoms with Crippen LogP contribution in [0.15, 0.2) is 24.3 Å². The average molecular weight is 219 g/mol. The third-order valence-electron chi connectivity index (χ3n) is 1.90. The first-order valence-corrected chi connectivity index (χ1v) is 4.48. The van der Waals surface area contributed by atoms with E-state index in [0.29, 0.717) is 5.69 Å². The van der Waals surface area contributed by atoms with Crippen LogP contribution in [-0.2, 0) is 6.18 Å². The van der Waals surface area contributed by atoms with Gasteiger partial charge < -0.3 is 10.4 Å². The number of hydrogen-bond acceptors (Lipinski definition) is 2. The van der Waals surface area contributed by atoms with Crippen LogP contribution in [0.5, 0.6) is 0 Å². The normalized spacial score (nSPS) is 13.7. The molecule has 84 valence electrons. The lowest BCUT2D eigenvalue weighted by Crippen LogP contribution is -2.19. The number of nitrogens with one attached hydrogen (secondary N) is 1. The Morgan fingerprint density at radius 3 is 2.20 bits per heavy atom. The van der Waals surface area contributed by atoms with E-state index in [2.05, 4.69) is 5.32 Å². The summed E-state index contributed by atoms with van der Waals surface area (Å²) >= 11 is 0. The highest BCUT2D eigenvalue weighted by atomic mass is 19.4. The second-order valence-corrected chi connectivity index (χ2v) is 3.30. The maximum atomic E-state index is 12.2. The molecule has 0 spiro atoms. The number of rotatable bonds is 3. The number of anilines is 1. The lowest BCUT2D eigenvalue weighted by atomic mass is 10.2. The average Bonchev–Trinajstić information content (AvgIpc) is 2.17. The Kier molecular flexibility index (Phi) is 3.57. The summed E-state index contributed by atoms with van der Waals surface area (Å²) in [6.07, 6.45) is -4.30. The van der Waals surface area contributed by atoms with Crippen molar-refractivity contribution in [3.63, 3.8) is 0 Å². The van der Waals surface area contributed by atoms with E-state index >= 15 is 0 Å². The number of aliphatic hydroxyl groups is 1. The van der Waals surface area contributed by atoms with Crippen LogP contribution in [0.25, 0.3) is 0 Å². The van der Waals surface area contributed by atoms with Gasteiger partial charge in [0.1, 0.15) is 0 Å². The monoisotopic (exact) mass is 219 g/mol. The van der Waals surface area contributed by atoms with E-state index in [1.807, 2.05) is 0 Å². The van der Waals surface area contributed by atoms with Gasteiger partial charge in [-0.1, -0.05) is 0 Å². The van der Waals surface area contributed by atoms with Crippen LogP contribution in [0, 0.1) is 0 Å². The van der Waals surface area contributed by atoms with Gasteiger partial charge in [-0.3, -0.25) is 0 Å². The molecule has 1 rings (SSSR count). The van der Waals surface area contributed by atoms with Gasteiger partial charge in [-0.05, 0) is 31.2 Å². The fraction of sp³-hybridized carbons (Fsp3) is 0.400. The zero-order chi connectivity index (χ0) is 11.5. The van der Waals surface area contributed by atoms with Gasteiger partial charge in [-0.25, -0.2) is 0 Å². The largest absolute Gasteiger partial charge is 0.416 e. The minimum Gasteiger partial charge on any atom is -0.394 e. The summed E-state index contributed by atoms with van der Waals surface area (Å²) in [5.41, 5.74) is -0.116. The van der Waals surface area contributed by atoms with Crippen molar-refractivity contribution in [1.29, 1.82) is 0 Å². The maximum Gasteiger partial charge on any atom is 0.416 e. The molecular formula is C10H12F3NO. The van der Waals surface area contributed by atoms with Crippen molar-refractivity contribution in [3.05, 3.63) is 29.8 Å². The highest BCUT2D eigenvalue weighted by Gasteiger charge is 2.29. The molecular weight excluding hydrogens is 207 g/mol. The van der Waals surface area contributed by atoms with Crippen LogP contribution in [0.3, 0.4) is 0 Å². The van der Waals surface area contributed by atoms with Crippen molar-refractivity contribution in [2.75, 3.05) is 11.9 Å². The minimum atomic E-state index is -4.30.